The van der Waals surface area contributed by atoms with E-state index in [9.17, 15) is 14.7 Å². The van der Waals surface area contributed by atoms with Crippen molar-refractivity contribution in [3.05, 3.63) is 76.1 Å². The Morgan fingerprint density at radius 2 is 1.79 bits per heavy atom. The number of pyridine rings is 1. The number of H-pyrrole nitrogens is 2. The van der Waals surface area contributed by atoms with Crippen molar-refractivity contribution in [3.8, 4) is 28.3 Å². The van der Waals surface area contributed by atoms with Crippen molar-refractivity contribution in [2.24, 2.45) is 0 Å². The van der Waals surface area contributed by atoms with Crippen LogP contribution in [-0.4, -0.2) is 28.2 Å². The molecule has 2 aromatic carbocycles. The van der Waals surface area contributed by atoms with Crippen LogP contribution in [0.1, 0.15) is 22.8 Å². The van der Waals surface area contributed by atoms with Gasteiger partial charge in [-0.05, 0) is 35.7 Å². The third kappa shape index (κ3) is 3.18. The summed E-state index contributed by atoms with van der Waals surface area (Å²) in [6.07, 6.45) is 0.510. The number of ether oxygens (including phenoxy) is 1. The number of aromatic nitrogens is 2. The molecule has 0 aliphatic carbocycles. The van der Waals surface area contributed by atoms with Gasteiger partial charge in [-0.2, -0.15) is 0 Å². The molecule has 0 saturated carbocycles. The van der Waals surface area contributed by atoms with E-state index < -0.39 is 11.5 Å². The quantitative estimate of drug-likeness (QED) is 0.470. The monoisotopic (exact) mass is 388 g/mol. The fourth-order valence-corrected chi connectivity index (χ4v) is 3.68. The number of fused-ring (bicyclic) bond motifs is 1. The number of aromatic amines is 2. The van der Waals surface area contributed by atoms with Crippen molar-refractivity contribution in [1.29, 1.82) is 0 Å². The predicted molar refractivity (Wildman–Crippen MR) is 113 cm³/mol. The number of carbonyl (C=O) groups is 1. The fraction of sp³-hybridized carbons (Fsp3) is 0.130. The minimum Gasteiger partial charge on any atom is -0.495 e. The van der Waals surface area contributed by atoms with E-state index in [0.29, 0.717) is 17.7 Å². The molecular formula is C23H20N2O4. The fourth-order valence-electron chi connectivity index (χ4n) is 3.68. The van der Waals surface area contributed by atoms with Crippen LogP contribution in [0.15, 0.2) is 59.4 Å². The van der Waals surface area contributed by atoms with Crippen LogP contribution in [0, 0.1) is 0 Å². The predicted octanol–water partition coefficient (Wildman–Crippen LogP) is 4.46. The Labute approximate surface area is 166 Å². The molecule has 3 N–H and O–H groups in total. The Morgan fingerprint density at radius 3 is 2.45 bits per heavy atom. The first kappa shape index (κ1) is 18.6. The van der Waals surface area contributed by atoms with Crippen LogP contribution in [0.2, 0.25) is 0 Å². The van der Waals surface area contributed by atoms with Crippen molar-refractivity contribution < 1.29 is 14.6 Å². The summed E-state index contributed by atoms with van der Waals surface area (Å²) in [7, 11) is 1.38. The van der Waals surface area contributed by atoms with Gasteiger partial charge >= 0.3 is 5.97 Å². The SMILES string of the molecule is CCc1c(-c2ccc3[nH]c(-c4ccccc4)cc3c2)[nH]c(=O)c(C(=O)O)c1OC. The van der Waals surface area contributed by atoms with Gasteiger partial charge in [-0.3, -0.25) is 4.79 Å². The van der Waals surface area contributed by atoms with E-state index in [4.69, 9.17) is 4.74 Å². The summed E-state index contributed by atoms with van der Waals surface area (Å²) in [6, 6.07) is 17.9. The molecule has 0 spiro atoms. The van der Waals surface area contributed by atoms with Gasteiger partial charge in [-0.1, -0.05) is 43.3 Å². The van der Waals surface area contributed by atoms with Gasteiger partial charge in [0.05, 0.1) is 12.8 Å². The van der Waals surface area contributed by atoms with E-state index in [1.165, 1.54) is 7.11 Å². The molecule has 6 nitrogen and oxygen atoms in total. The standard InChI is InChI=1S/C23H20N2O4/c1-3-16-20(25-22(26)19(23(27)28)21(16)29-2)14-9-10-17-15(11-14)12-18(24-17)13-7-5-4-6-8-13/h4-12,24H,3H2,1-2H3,(H,25,26)(H,27,28). The van der Waals surface area contributed by atoms with Crippen LogP contribution >= 0.6 is 0 Å². The first-order valence-electron chi connectivity index (χ1n) is 9.28. The molecule has 0 bridgehead atoms. The van der Waals surface area contributed by atoms with Crippen LogP contribution in [0.5, 0.6) is 5.75 Å². The highest BCUT2D eigenvalue weighted by atomic mass is 16.5. The van der Waals surface area contributed by atoms with Crippen molar-refractivity contribution in [1.82, 2.24) is 9.97 Å². The highest BCUT2D eigenvalue weighted by Gasteiger charge is 2.23. The molecule has 0 atom stereocenters. The minimum atomic E-state index is -1.31. The van der Waals surface area contributed by atoms with Gasteiger partial charge in [0.25, 0.3) is 5.56 Å². The molecule has 0 fully saturated rings. The van der Waals surface area contributed by atoms with Crippen LogP contribution in [0.3, 0.4) is 0 Å². The summed E-state index contributed by atoms with van der Waals surface area (Å²) in [5, 5.41) is 10.4. The average Bonchev–Trinajstić information content (AvgIpc) is 3.16. The topological polar surface area (TPSA) is 95.2 Å². The third-order valence-corrected chi connectivity index (χ3v) is 5.03. The summed E-state index contributed by atoms with van der Waals surface area (Å²) in [5.41, 5.74) is 4.03. The maximum absolute atomic E-state index is 12.4. The second-order valence-electron chi connectivity index (χ2n) is 6.73. The third-order valence-electron chi connectivity index (χ3n) is 5.03. The zero-order valence-electron chi connectivity index (χ0n) is 16.1. The number of hydrogen-bond donors (Lipinski definition) is 3. The first-order valence-corrected chi connectivity index (χ1v) is 9.28. The lowest BCUT2D eigenvalue weighted by Crippen LogP contribution is -2.21. The maximum Gasteiger partial charge on any atom is 0.345 e. The minimum absolute atomic E-state index is 0.109. The van der Waals surface area contributed by atoms with Crippen molar-refractivity contribution in [3.63, 3.8) is 0 Å². The summed E-state index contributed by atoms with van der Waals surface area (Å²) in [4.78, 5) is 30.1. The Balaban J connectivity index is 1.90. The molecule has 2 heterocycles. The number of benzene rings is 2. The Bertz CT molecular complexity index is 1270. The summed E-state index contributed by atoms with van der Waals surface area (Å²) < 4.78 is 5.31. The number of nitrogens with one attached hydrogen (secondary N) is 2. The number of carboxylic acids is 1. The molecule has 0 radical (unpaired) electrons. The van der Waals surface area contributed by atoms with Gasteiger partial charge in [0.2, 0.25) is 0 Å². The lowest BCUT2D eigenvalue weighted by Gasteiger charge is -2.14. The second-order valence-corrected chi connectivity index (χ2v) is 6.73. The Morgan fingerprint density at radius 1 is 1.03 bits per heavy atom. The summed E-state index contributed by atoms with van der Waals surface area (Å²) >= 11 is 0. The molecular weight excluding hydrogens is 368 g/mol. The molecule has 4 rings (SSSR count). The van der Waals surface area contributed by atoms with E-state index in [1.54, 1.807) is 0 Å². The lowest BCUT2D eigenvalue weighted by molar-refractivity contribution is 0.0691. The van der Waals surface area contributed by atoms with Crippen LogP contribution in [0.25, 0.3) is 33.4 Å². The lowest BCUT2D eigenvalue weighted by atomic mass is 9.99. The van der Waals surface area contributed by atoms with E-state index in [1.807, 2.05) is 55.5 Å². The zero-order chi connectivity index (χ0) is 20.5. The van der Waals surface area contributed by atoms with Gasteiger partial charge in [-0.25, -0.2) is 4.79 Å². The largest absolute Gasteiger partial charge is 0.495 e. The average molecular weight is 388 g/mol. The van der Waals surface area contributed by atoms with Gasteiger partial charge in [-0.15, -0.1) is 0 Å². The molecule has 0 aliphatic heterocycles. The molecule has 0 saturated heterocycles. The van der Waals surface area contributed by atoms with Crippen LogP contribution in [-0.2, 0) is 6.42 Å². The van der Waals surface area contributed by atoms with Crippen molar-refractivity contribution in [2.45, 2.75) is 13.3 Å². The van der Waals surface area contributed by atoms with Crippen molar-refractivity contribution >= 4 is 16.9 Å². The Hall–Kier alpha value is -3.80. The molecule has 146 valence electrons. The van der Waals surface area contributed by atoms with E-state index in [2.05, 4.69) is 16.0 Å². The number of methoxy groups -OCH3 is 1. The zero-order valence-corrected chi connectivity index (χ0v) is 16.1. The summed E-state index contributed by atoms with van der Waals surface area (Å²) in [5.74, 6) is -1.20. The molecule has 29 heavy (non-hydrogen) atoms. The molecule has 0 aliphatic rings. The molecule has 0 amide bonds. The van der Waals surface area contributed by atoms with Crippen LogP contribution in [0.4, 0.5) is 0 Å². The van der Waals surface area contributed by atoms with E-state index in [-0.39, 0.29) is 11.3 Å². The summed E-state index contributed by atoms with van der Waals surface area (Å²) in [6.45, 7) is 1.90. The first-order chi connectivity index (χ1) is 14.0. The van der Waals surface area contributed by atoms with Crippen LogP contribution < -0.4 is 10.3 Å². The normalized spacial score (nSPS) is 11.0. The highest BCUT2D eigenvalue weighted by Crippen LogP contribution is 2.33. The Kier molecular flexibility index (Phi) is 4.68. The van der Waals surface area contributed by atoms with Crippen molar-refractivity contribution in [2.75, 3.05) is 7.11 Å². The highest BCUT2D eigenvalue weighted by molar-refractivity contribution is 5.93. The molecule has 4 aromatic rings. The van der Waals surface area contributed by atoms with Gasteiger partial charge in [0.15, 0.2) is 5.56 Å². The smallest absolute Gasteiger partial charge is 0.345 e. The maximum atomic E-state index is 12.4. The molecule has 2 aromatic heterocycles. The van der Waals surface area contributed by atoms with Gasteiger partial charge in [0, 0.05) is 22.2 Å². The number of rotatable bonds is 5. The number of carboxylic acid groups (broad SMARTS) is 1. The second kappa shape index (κ2) is 7.31. The number of hydrogen-bond acceptors (Lipinski definition) is 3. The molecule has 6 heteroatoms. The van der Waals surface area contributed by atoms with Gasteiger partial charge < -0.3 is 19.8 Å². The van der Waals surface area contributed by atoms with E-state index in [0.717, 1.165) is 27.7 Å². The van der Waals surface area contributed by atoms with Gasteiger partial charge in [0.1, 0.15) is 5.75 Å². The molecule has 0 unspecified atom stereocenters. The van der Waals surface area contributed by atoms with E-state index >= 15 is 0 Å². The number of aromatic carboxylic acids is 1.